The van der Waals surface area contributed by atoms with Crippen LogP contribution in [0.4, 0.5) is 0 Å². The van der Waals surface area contributed by atoms with Crippen LogP contribution in [0.15, 0.2) is 12.2 Å². The first-order valence-electron chi connectivity index (χ1n) is 4.68. The molecular weight excluding hydrogens is 150 g/mol. The summed E-state index contributed by atoms with van der Waals surface area (Å²) in [5, 5.41) is 2.90. The molecule has 0 radical (unpaired) electrons. The summed E-state index contributed by atoms with van der Waals surface area (Å²) in [6.07, 6.45) is 7.25. The van der Waals surface area contributed by atoms with Crippen molar-refractivity contribution < 1.29 is 4.79 Å². The molecule has 2 nitrogen and oxygen atoms in total. The zero-order chi connectivity index (χ0) is 8.55. The highest BCUT2D eigenvalue weighted by atomic mass is 16.1. The minimum Gasteiger partial charge on any atom is -0.356 e. The Kier molecular flexibility index (Phi) is 1.91. The molecule has 2 heteroatoms. The fraction of sp³-hybridized carbons (Fsp3) is 0.700. The van der Waals surface area contributed by atoms with Gasteiger partial charge in [0.2, 0.25) is 5.91 Å². The number of hydrogen-bond acceptors (Lipinski definition) is 1. The first-order valence-corrected chi connectivity index (χ1v) is 4.68. The first kappa shape index (κ1) is 7.84. The molecule has 0 aromatic carbocycles. The van der Waals surface area contributed by atoms with Crippen molar-refractivity contribution in [3.8, 4) is 0 Å². The van der Waals surface area contributed by atoms with Crippen LogP contribution in [-0.4, -0.2) is 12.5 Å². The number of carbonyl (C=O) groups excluding carboxylic acids is 1. The van der Waals surface area contributed by atoms with Crippen molar-refractivity contribution in [1.82, 2.24) is 5.32 Å². The molecule has 2 rings (SSSR count). The largest absolute Gasteiger partial charge is 0.356 e. The van der Waals surface area contributed by atoms with Crippen LogP contribution in [-0.2, 0) is 4.79 Å². The van der Waals surface area contributed by atoms with Crippen LogP contribution in [0.5, 0.6) is 0 Å². The standard InChI is InChI=1S/C10H15NO/c1-7(12)11-6-10-5-8-2-3-9(10)4-8/h2-3,8-10H,4-6H2,1H3,(H,11,12)/t8-,9-,10+/m1/s1. The van der Waals surface area contributed by atoms with Crippen LogP contribution in [0.3, 0.4) is 0 Å². The smallest absolute Gasteiger partial charge is 0.216 e. The van der Waals surface area contributed by atoms with Gasteiger partial charge in [-0.25, -0.2) is 0 Å². The molecule has 1 fully saturated rings. The molecule has 0 unspecified atom stereocenters. The summed E-state index contributed by atoms with van der Waals surface area (Å²) in [7, 11) is 0. The van der Waals surface area contributed by atoms with E-state index in [0.29, 0.717) is 5.92 Å². The summed E-state index contributed by atoms with van der Waals surface area (Å²) in [5.74, 6) is 2.38. The molecule has 0 aromatic heterocycles. The van der Waals surface area contributed by atoms with E-state index in [-0.39, 0.29) is 5.91 Å². The van der Waals surface area contributed by atoms with Crippen LogP contribution >= 0.6 is 0 Å². The second-order valence-electron chi connectivity index (χ2n) is 3.98. The van der Waals surface area contributed by atoms with Gasteiger partial charge in [0.05, 0.1) is 0 Å². The van der Waals surface area contributed by atoms with Crippen LogP contribution < -0.4 is 5.32 Å². The maximum absolute atomic E-state index is 10.7. The summed E-state index contributed by atoms with van der Waals surface area (Å²) in [5.41, 5.74) is 0. The van der Waals surface area contributed by atoms with Crippen LogP contribution in [0.2, 0.25) is 0 Å². The van der Waals surface area contributed by atoms with Crippen LogP contribution in [0.1, 0.15) is 19.8 Å². The summed E-state index contributed by atoms with van der Waals surface area (Å²) >= 11 is 0. The molecule has 12 heavy (non-hydrogen) atoms. The Morgan fingerprint density at radius 1 is 1.50 bits per heavy atom. The van der Waals surface area contributed by atoms with E-state index in [1.165, 1.54) is 12.8 Å². The number of rotatable bonds is 2. The maximum atomic E-state index is 10.7. The predicted molar refractivity (Wildman–Crippen MR) is 47.5 cm³/mol. The predicted octanol–water partition coefficient (Wildman–Crippen LogP) is 1.33. The minimum atomic E-state index is 0.0988. The van der Waals surface area contributed by atoms with E-state index in [0.717, 1.165) is 18.4 Å². The van der Waals surface area contributed by atoms with Crippen LogP contribution in [0.25, 0.3) is 0 Å². The fourth-order valence-electron chi connectivity index (χ4n) is 2.40. The quantitative estimate of drug-likeness (QED) is 0.614. The molecule has 0 spiro atoms. The highest BCUT2D eigenvalue weighted by molar-refractivity contribution is 5.72. The van der Waals surface area contributed by atoms with Gasteiger partial charge in [-0.05, 0) is 30.6 Å². The number of amides is 1. The van der Waals surface area contributed by atoms with Gasteiger partial charge in [0.15, 0.2) is 0 Å². The third kappa shape index (κ3) is 1.38. The second kappa shape index (κ2) is 2.92. The molecular formula is C10H15NO. The highest BCUT2D eigenvalue weighted by Gasteiger charge is 2.35. The lowest BCUT2D eigenvalue weighted by atomic mass is 9.94. The lowest BCUT2D eigenvalue weighted by Gasteiger charge is -2.17. The number of allylic oxidation sites excluding steroid dienone is 2. The Hall–Kier alpha value is -0.790. The molecule has 1 amide bonds. The van der Waals surface area contributed by atoms with E-state index in [9.17, 15) is 4.79 Å². The zero-order valence-corrected chi connectivity index (χ0v) is 7.42. The molecule has 3 atom stereocenters. The van der Waals surface area contributed by atoms with Crippen molar-refractivity contribution in [2.45, 2.75) is 19.8 Å². The van der Waals surface area contributed by atoms with Crippen molar-refractivity contribution in [2.24, 2.45) is 17.8 Å². The summed E-state index contributed by atoms with van der Waals surface area (Å²) in [4.78, 5) is 10.7. The molecule has 0 heterocycles. The van der Waals surface area contributed by atoms with E-state index in [1.54, 1.807) is 6.92 Å². The van der Waals surface area contributed by atoms with Gasteiger partial charge < -0.3 is 5.32 Å². The summed E-state index contributed by atoms with van der Waals surface area (Å²) in [6.45, 7) is 2.46. The fourth-order valence-corrected chi connectivity index (χ4v) is 2.40. The molecule has 2 aliphatic carbocycles. The molecule has 66 valence electrons. The Morgan fingerprint density at radius 3 is 2.83 bits per heavy atom. The number of nitrogens with one attached hydrogen (secondary N) is 1. The molecule has 1 saturated carbocycles. The maximum Gasteiger partial charge on any atom is 0.216 e. The van der Waals surface area contributed by atoms with Gasteiger partial charge in [-0.15, -0.1) is 0 Å². The SMILES string of the molecule is CC(=O)NC[C@@H]1C[C@@H]2C=C[C@@H]1C2. The lowest BCUT2D eigenvalue weighted by molar-refractivity contribution is -0.119. The average molecular weight is 165 g/mol. The topological polar surface area (TPSA) is 29.1 Å². The molecule has 2 aliphatic rings. The zero-order valence-electron chi connectivity index (χ0n) is 7.42. The highest BCUT2D eigenvalue weighted by Crippen LogP contribution is 2.42. The van der Waals surface area contributed by atoms with Crippen LogP contribution in [0, 0.1) is 17.8 Å². The second-order valence-corrected chi connectivity index (χ2v) is 3.98. The van der Waals surface area contributed by atoms with Crippen molar-refractivity contribution in [3.63, 3.8) is 0 Å². The number of carbonyl (C=O) groups is 1. The molecule has 2 bridgehead atoms. The lowest BCUT2D eigenvalue weighted by Crippen LogP contribution is -2.28. The van der Waals surface area contributed by atoms with Gasteiger partial charge in [0, 0.05) is 13.5 Å². The van der Waals surface area contributed by atoms with E-state index >= 15 is 0 Å². The van der Waals surface area contributed by atoms with Crippen molar-refractivity contribution in [3.05, 3.63) is 12.2 Å². The van der Waals surface area contributed by atoms with Gasteiger partial charge in [0.25, 0.3) is 0 Å². The van der Waals surface area contributed by atoms with Crippen molar-refractivity contribution in [1.29, 1.82) is 0 Å². The molecule has 0 saturated heterocycles. The van der Waals surface area contributed by atoms with Gasteiger partial charge in [-0.1, -0.05) is 12.2 Å². The minimum absolute atomic E-state index is 0.0988. The molecule has 0 aromatic rings. The summed E-state index contributed by atoms with van der Waals surface area (Å²) < 4.78 is 0. The van der Waals surface area contributed by atoms with E-state index in [4.69, 9.17) is 0 Å². The monoisotopic (exact) mass is 165 g/mol. The van der Waals surface area contributed by atoms with Gasteiger partial charge in [-0.3, -0.25) is 4.79 Å². The normalized spacial score (nSPS) is 37.2. The molecule has 1 N–H and O–H groups in total. The van der Waals surface area contributed by atoms with Crippen molar-refractivity contribution in [2.75, 3.05) is 6.54 Å². The van der Waals surface area contributed by atoms with Gasteiger partial charge in [-0.2, -0.15) is 0 Å². The summed E-state index contributed by atoms with van der Waals surface area (Å²) in [6, 6.07) is 0. The average Bonchev–Trinajstić information content (AvgIpc) is 2.60. The van der Waals surface area contributed by atoms with E-state index in [2.05, 4.69) is 17.5 Å². The first-order chi connectivity index (χ1) is 5.75. The number of hydrogen-bond donors (Lipinski definition) is 1. The number of fused-ring (bicyclic) bond motifs is 2. The Bertz CT molecular complexity index is 222. The molecule has 0 aliphatic heterocycles. The Balaban J connectivity index is 1.83. The Labute approximate surface area is 73.0 Å². The Morgan fingerprint density at radius 2 is 2.33 bits per heavy atom. The van der Waals surface area contributed by atoms with Crippen molar-refractivity contribution >= 4 is 5.91 Å². The van der Waals surface area contributed by atoms with Gasteiger partial charge >= 0.3 is 0 Å². The van der Waals surface area contributed by atoms with E-state index < -0.39 is 0 Å². The third-order valence-electron chi connectivity index (χ3n) is 3.03. The van der Waals surface area contributed by atoms with E-state index in [1.807, 2.05) is 0 Å². The third-order valence-corrected chi connectivity index (χ3v) is 3.03. The van der Waals surface area contributed by atoms with Gasteiger partial charge in [0.1, 0.15) is 0 Å².